The molecule has 0 saturated heterocycles. The van der Waals surface area contributed by atoms with Crippen molar-refractivity contribution in [3.8, 4) is 0 Å². The summed E-state index contributed by atoms with van der Waals surface area (Å²) in [6.07, 6.45) is 3.90. The number of carbonyl (C=O) groups is 1. The molecule has 1 N–H and O–H groups in total. The van der Waals surface area contributed by atoms with Crippen molar-refractivity contribution < 1.29 is 4.79 Å². The molecule has 0 fully saturated rings. The first-order valence-corrected chi connectivity index (χ1v) is 3.86. The Morgan fingerprint density at radius 3 is 2.89 bits per heavy atom. The fourth-order valence-electron chi connectivity index (χ4n) is 0.316. The molecule has 0 aliphatic rings. The lowest BCUT2D eigenvalue weighted by atomic mass is 10.6. The second-order valence-electron chi connectivity index (χ2n) is 1.51. The minimum atomic E-state index is -0.496. The number of carbonyl (C=O) groups excluding carboxylic acids is 1. The third-order valence-electron chi connectivity index (χ3n) is 0.683. The minimum Gasteiger partial charge on any atom is -0.272 e. The molecule has 0 unspecified atom stereocenters. The first kappa shape index (κ1) is 8.56. The van der Waals surface area contributed by atoms with Crippen molar-refractivity contribution in [3.05, 3.63) is 12.2 Å². The second-order valence-corrected chi connectivity index (χ2v) is 2.54. The van der Waals surface area contributed by atoms with Gasteiger partial charge in [0.1, 0.15) is 0 Å². The Bertz CT molecular complexity index is 112. The molecule has 0 saturated carbocycles. The lowest BCUT2D eigenvalue weighted by molar-refractivity contribution is -0.116. The van der Waals surface area contributed by atoms with Crippen LogP contribution < -0.4 is 5.73 Å². The number of thioether (sulfide) groups is 1. The molecule has 0 heterocycles. The van der Waals surface area contributed by atoms with Gasteiger partial charge in [0, 0.05) is 5.75 Å². The highest BCUT2D eigenvalue weighted by Gasteiger charge is 1.91. The smallest absolute Gasteiger partial charge is 0.248 e. The molecular formula is C6H10NOS. The second kappa shape index (κ2) is 5.69. The zero-order chi connectivity index (χ0) is 7.11. The molecule has 0 aliphatic heterocycles. The van der Waals surface area contributed by atoms with Crippen molar-refractivity contribution in [1.29, 1.82) is 0 Å². The summed E-state index contributed by atoms with van der Waals surface area (Å²) in [6.45, 7) is 1.93. The Morgan fingerprint density at radius 2 is 2.44 bits per heavy atom. The number of nitrogens with one attached hydrogen (secondary N) is 1. The van der Waals surface area contributed by atoms with Crippen molar-refractivity contribution >= 4 is 17.7 Å². The molecule has 2 nitrogen and oxygen atoms in total. The van der Waals surface area contributed by atoms with Crippen LogP contribution in [0.15, 0.2) is 12.2 Å². The van der Waals surface area contributed by atoms with Crippen LogP contribution in [-0.4, -0.2) is 17.4 Å². The number of hydrogen-bond donors (Lipinski definition) is 0. The first-order valence-electron chi connectivity index (χ1n) is 2.70. The highest BCUT2D eigenvalue weighted by atomic mass is 32.2. The monoisotopic (exact) mass is 144 g/mol. The van der Waals surface area contributed by atoms with Crippen LogP contribution in [0.2, 0.25) is 0 Å². The molecule has 9 heavy (non-hydrogen) atoms. The molecule has 0 rings (SSSR count). The normalized spacial score (nSPS) is 10.3. The van der Waals surface area contributed by atoms with E-state index in [0.717, 1.165) is 5.75 Å². The average Bonchev–Trinajstić information content (AvgIpc) is 1.80. The number of amides is 1. The van der Waals surface area contributed by atoms with Crippen LogP contribution in [0.4, 0.5) is 0 Å². The summed E-state index contributed by atoms with van der Waals surface area (Å²) in [5, 5.41) is 0. The Balaban J connectivity index is 3.01. The summed E-state index contributed by atoms with van der Waals surface area (Å²) < 4.78 is 0. The Labute approximate surface area is 59.5 Å². The van der Waals surface area contributed by atoms with E-state index >= 15 is 0 Å². The van der Waals surface area contributed by atoms with Gasteiger partial charge in [0.05, 0.1) is 5.75 Å². The molecule has 1 amide bonds. The van der Waals surface area contributed by atoms with Gasteiger partial charge < -0.3 is 0 Å². The van der Waals surface area contributed by atoms with Gasteiger partial charge in [0.2, 0.25) is 5.91 Å². The Kier molecular flexibility index (Phi) is 5.41. The SMILES string of the molecule is C/C=C/CSCC([NH])=O. The maximum absolute atomic E-state index is 10.0. The summed E-state index contributed by atoms with van der Waals surface area (Å²) in [5.41, 5.74) is 6.53. The van der Waals surface area contributed by atoms with Gasteiger partial charge in [0.25, 0.3) is 0 Å². The van der Waals surface area contributed by atoms with E-state index in [1.54, 1.807) is 0 Å². The van der Waals surface area contributed by atoms with Crippen molar-refractivity contribution in [3.63, 3.8) is 0 Å². The molecule has 0 aromatic carbocycles. The zero-order valence-electron chi connectivity index (χ0n) is 5.39. The summed E-state index contributed by atoms with van der Waals surface area (Å²) in [4.78, 5) is 10.0. The number of rotatable bonds is 4. The molecular weight excluding hydrogens is 134 g/mol. The van der Waals surface area contributed by atoms with E-state index < -0.39 is 5.91 Å². The van der Waals surface area contributed by atoms with E-state index in [4.69, 9.17) is 5.73 Å². The minimum absolute atomic E-state index is 0.310. The van der Waals surface area contributed by atoms with E-state index in [9.17, 15) is 4.79 Å². The van der Waals surface area contributed by atoms with Gasteiger partial charge in [-0.15, -0.1) is 11.8 Å². The van der Waals surface area contributed by atoms with Crippen LogP contribution in [-0.2, 0) is 4.79 Å². The van der Waals surface area contributed by atoms with Crippen LogP contribution >= 0.6 is 11.8 Å². The Hall–Kier alpha value is -0.440. The number of allylic oxidation sites excluding steroid dienone is 1. The van der Waals surface area contributed by atoms with Crippen LogP contribution in [0, 0.1) is 0 Å². The lowest BCUT2D eigenvalue weighted by Gasteiger charge is -1.88. The van der Waals surface area contributed by atoms with Gasteiger partial charge >= 0.3 is 0 Å². The third kappa shape index (κ3) is 7.56. The van der Waals surface area contributed by atoms with Gasteiger partial charge in [-0.25, -0.2) is 0 Å². The first-order chi connectivity index (χ1) is 4.27. The van der Waals surface area contributed by atoms with Gasteiger partial charge in [0.15, 0.2) is 0 Å². The molecule has 51 valence electrons. The molecule has 1 radical (unpaired) electrons. The summed E-state index contributed by atoms with van der Waals surface area (Å²) >= 11 is 1.46. The van der Waals surface area contributed by atoms with E-state index in [-0.39, 0.29) is 0 Å². The molecule has 0 atom stereocenters. The van der Waals surface area contributed by atoms with Gasteiger partial charge in [-0.05, 0) is 6.92 Å². The van der Waals surface area contributed by atoms with Crippen LogP contribution in [0.1, 0.15) is 6.92 Å². The molecule has 3 heteroatoms. The van der Waals surface area contributed by atoms with E-state index in [1.165, 1.54) is 11.8 Å². The predicted octanol–water partition coefficient (Wildman–Crippen LogP) is 1.11. The highest BCUT2D eigenvalue weighted by Crippen LogP contribution is 1.98. The van der Waals surface area contributed by atoms with Crippen LogP contribution in [0.3, 0.4) is 0 Å². The summed E-state index contributed by atoms with van der Waals surface area (Å²) in [6, 6.07) is 0. The fraction of sp³-hybridized carbons (Fsp3) is 0.500. The fourth-order valence-corrected chi connectivity index (χ4v) is 0.948. The Morgan fingerprint density at radius 1 is 1.78 bits per heavy atom. The van der Waals surface area contributed by atoms with Gasteiger partial charge in [-0.1, -0.05) is 12.2 Å². The largest absolute Gasteiger partial charge is 0.272 e. The maximum atomic E-state index is 10.0. The zero-order valence-corrected chi connectivity index (χ0v) is 6.20. The summed E-state index contributed by atoms with van der Waals surface area (Å²) in [7, 11) is 0. The van der Waals surface area contributed by atoms with Crippen LogP contribution in [0.25, 0.3) is 0 Å². The van der Waals surface area contributed by atoms with E-state index in [0.29, 0.717) is 5.75 Å². The van der Waals surface area contributed by atoms with Gasteiger partial charge in [-0.3, -0.25) is 10.5 Å². The van der Waals surface area contributed by atoms with Crippen molar-refractivity contribution in [2.45, 2.75) is 6.92 Å². The van der Waals surface area contributed by atoms with Crippen molar-refractivity contribution in [1.82, 2.24) is 5.73 Å². The third-order valence-corrected chi connectivity index (χ3v) is 1.58. The van der Waals surface area contributed by atoms with E-state index in [2.05, 4.69) is 0 Å². The molecule has 0 aromatic heterocycles. The highest BCUT2D eigenvalue weighted by molar-refractivity contribution is 8.00. The van der Waals surface area contributed by atoms with Gasteiger partial charge in [-0.2, -0.15) is 0 Å². The topological polar surface area (TPSA) is 40.9 Å². The summed E-state index contributed by atoms with van der Waals surface area (Å²) in [5.74, 6) is 0.648. The lowest BCUT2D eigenvalue weighted by Crippen LogP contribution is -2.00. The van der Waals surface area contributed by atoms with E-state index in [1.807, 2.05) is 19.1 Å². The molecule has 0 aliphatic carbocycles. The number of hydrogen-bond acceptors (Lipinski definition) is 2. The quantitative estimate of drug-likeness (QED) is 0.438. The molecule has 0 bridgehead atoms. The van der Waals surface area contributed by atoms with Crippen molar-refractivity contribution in [2.24, 2.45) is 0 Å². The molecule has 0 aromatic rings. The van der Waals surface area contributed by atoms with Crippen molar-refractivity contribution in [2.75, 3.05) is 11.5 Å². The predicted molar refractivity (Wildman–Crippen MR) is 40.2 cm³/mol. The average molecular weight is 144 g/mol. The molecule has 0 spiro atoms. The standard InChI is InChI=1S/C6H10NOS/c1-2-3-4-9-5-6(7)8/h2-3,7H,4-5H2,1H3/b3-2+. The van der Waals surface area contributed by atoms with Crippen LogP contribution in [0.5, 0.6) is 0 Å². The maximum Gasteiger partial charge on any atom is 0.248 e.